The van der Waals surface area contributed by atoms with E-state index >= 15 is 0 Å². The zero-order chi connectivity index (χ0) is 8.41. The van der Waals surface area contributed by atoms with E-state index in [-0.39, 0.29) is 0 Å². The predicted molar refractivity (Wildman–Crippen MR) is 30.0 cm³/mol. The fraction of sp³-hybridized carbons (Fsp3) is 1.00. The minimum atomic E-state index is -5.27. The number of nitrogens with one attached hydrogen (secondary N) is 1. The zero-order valence-corrected chi connectivity index (χ0v) is 6.52. The first-order valence-electron chi connectivity index (χ1n) is 1.89. The van der Waals surface area contributed by atoms with E-state index in [4.69, 9.17) is 4.89 Å². The normalized spacial score (nSPS) is 18.3. The number of rotatable bonds is 3. The number of hydrogen-bond acceptors (Lipinski definition) is 4. The van der Waals surface area contributed by atoms with Gasteiger partial charge >= 0.3 is 18.1 Å². The summed E-state index contributed by atoms with van der Waals surface area (Å²) >= 11 is 0. The van der Waals surface area contributed by atoms with Crippen LogP contribution in [0.25, 0.3) is 0 Å². The summed E-state index contributed by atoms with van der Waals surface area (Å²) in [6, 6.07) is 0. The third-order valence-electron chi connectivity index (χ3n) is 0.444. The van der Waals surface area contributed by atoms with Gasteiger partial charge in [-0.1, -0.05) is 4.49 Å². The fourth-order valence-electron chi connectivity index (χ4n) is 0.175. The second kappa shape index (κ2) is 2.93. The molecule has 0 aliphatic heterocycles. The number of halogens is 1. The van der Waals surface area contributed by atoms with Crippen LogP contribution >= 0.6 is 7.83 Å². The van der Waals surface area contributed by atoms with Crippen LogP contribution in [-0.4, -0.2) is 20.4 Å². The lowest BCUT2D eigenvalue weighted by Crippen LogP contribution is -2.19. The Labute approximate surface area is 56.9 Å². The van der Waals surface area contributed by atoms with E-state index in [1.54, 1.807) is 0 Å². The van der Waals surface area contributed by atoms with Crippen LogP contribution in [0.5, 0.6) is 0 Å². The van der Waals surface area contributed by atoms with E-state index in [1.807, 2.05) is 0 Å². The molecule has 0 saturated carbocycles. The van der Waals surface area contributed by atoms with Crippen molar-refractivity contribution in [3.8, 4) is 0 Å². The van der Waals surface area contributed by atoms with Crippen molar-refractivity contribution in [2.45, 2.75) is 0 Å². The molecule has 1 unspecified atom stereocenters. The van der Waals surface area contributed by atoms with Crippen LogP contribution in [0.1, 0.15) is 0 Å². The van der Waals surface area contributed by atoms with Crippen LogP contribution in [0.15, 0.2) is 0 Å². The fourth-order valence-corrected chi connectivity index (χ4v) is 1.58. The Balaban J connectivity index is 4.33. The molecule has 0 bridgehead atoms. The Bertz CT molecular complexity index is 240. The molecule has 2 N–H and O–H groups in total. The minimum Gasteiger partial charge on any atom is -0.309 e. The Morgan fingerprint density at radius 3 is 2.20 bits per heavy atom. The first-order chi connectivity index (χ1) is 4.27. The van der Waals surface area contributed by atoms with Crippen LogP contribution in [0.3, 0.4) is 0 Å². The molecule has 0 aliphatic carbocycles. The van der Waals surface area contributed by atoms with Crippen LogP contribution in [0, 0.1) is 0 Å². The lowest BCUT2D eigenvalue weighted by Gasteiger charge is -2.01. The SMILES string of the molecule is COS(=O)(=O)NP(=O)(O)F. The molecule has 62 valence electrons. The molecule has 1 atom stereocenters. The van der Waals surface area contributed by atoms with Crippen molar-refractivity contribution in [1.29, 1.82) is 0 Å². The van der Waals surface area contributed by atoms with Gasteiger partial charge in [0.2, 0.25) is 0 Å². The van der Waals surface area contributed by atoms with Crippen LogP contribution in [0.4, 0.5) is 4.20 Å². The van der Waals surface area contributed by atoms with Crippen molar-refractivity contribution < 1.29 is 26.3 Å². The molecule has 0 aliphatic rings. The summed E-state index contributed by atoms with van der Waals surface area (Å²) in [6.07, 6.45) is 0. The maximum absolute atomic E-state index is 11.6. The van der Waals surface area contributed by atoms with Crippen molar-refractivity contribution >= 4 is 18.1 Å². The molecule has 0 aromatic heterocycles. The molecule has 0 fully saturated rings. The lowest BCUT2D eigenvalue weighted by molar-refractivity contribution is 0.381. The summed E-state index contributed by atoms with van der Waals surface area (Å²) < 4.78 is 45.9. The number of hydrogen-bond donors (Lipinski definition) is 2. The van der Waals surface area contributed by atoms with Crippen LogP contribution < -0.4 is 4.49 Å². The van der Waals surface area contributed by atoms with Gasteiger partial charge in [0.1, 0.15) is 0 Å². The van der Waals surface area contributed by atoms with Crippen molar-refractivity contribution in [3.05, 3.63) is 0 Å². The third kappa shape index (κ3) is 4.83. The smallest absolute Gasteiger partial charge is 0.309 e. The maximum atomic E-state index is 11.6. The first-order valence-corrected chi connectivity index (χ1v) is 4.85. The molecular formula is CH5FNO5PS. The molecule has 9 heteroatoms. The molecule has 0 rings (SSSR count). The van der Waals surface area contributed by atoms with Gasteiger partial charge in [-0.15, -0.1) is 4.20 Å². The van der Waals surface area contributed by atoms with E-state index in [1.165, 1.54) is 0 Å². The largest absolute Gasteiger partial charge is 0.455 e. The monoisotopic (exact) mass is 193 g/mol. The van der Waals surface area contributed by atoms with Gasteiger partial charge in [-0.3, -0.25) is 4.18 Å². The second-order valence-corrected chi connectivity index (χ2v) is 4.19. The summed E-state index contributed by atoms with van der Waals surface area (Å²) in [6.45, 7) is 0. The quantitative estimate of drug-likeness (QED) is 0.591. The van der Waals surface area contributed by atoms with Gasteiger partial charge < -0.3 is 4.89 Å². The highest BCUT2D eigenvalue weighted by molar-refractivity contribution is 7.90. The second-order valence-electron chi connectivity index (χ2n) is 1.21. The summed E-state index contributed by atoms with van der Waals surface area (Å²) in [7, 11) is -8.96. The van der Waals surface area contributed by atoms with Gasteiger partial charge in [0.25, 0.3) is 0 Å². The highest BCUT2D eigenvalue weighted by Crippen LogP contribution is 2.37. The zero-order valence-electron chi connectivity index (χ0n) is 4.81. The standard InChI is InChI=1S/CH5FNO5PS/c1-8-10(6,7)3-9(2,4)5/h1H3,(H2,3,4,5). The van der Waals surface area contributed by atoms with E-state index in [0.717, 1.165) is 11.6 Å². The van der Waals surface area contributed by atoms with Gasteiger partial charge in [0, 0.05) is 0 Å². The van der Waals surface area contributed by atoms with Gasteiger partial charge in [-0.25, -0.2) is 4.57 Å². The molecule has 6 nitrogen and oxygen atoms in total. The van der Waals surface area contributed by atoms with Gasteiger partial charge in [0.15, 0.2) is 0 Å². The van der Waals surface area contributed by atoms with Crippen LogP contribution in [-0.2, 0) is 19.1 Å². The van der Waals surface area contributed by atoms with Crippen molar-refractivity contribution in [3.63, 3.8) is 0 Å². The predicted octanol–water partition coefficient (Wildman–Crippen LogP) is -0.463. The van der Waals surface area contributed by atoms with E-state index in [2.05, 4.69) is 4.18 Å². The van der Waals surface area contributed by atoms with Crippen molar-refractivity contribution in [1.82, 2.24) is 4.49 Å². The van der Waals surface area contributed by atoms with Gasteiger partial charge in [-0.05, 0) is 0 Å². The molecule has 0 aromatic carbocycles. The topological polar surface area (TPSA) is 92.7 Å². The van der Waals surface area contributed by atoms with E-state index < -0.39 is 18.1 Å². The summed E-state index contributed by atoms with van der Waals surface area (Å²) in [5.41, 5.74) is 0. The average molecular weight is 193 g/mol. The highest BCUT2D eigenvalue weighted by atomic mass is 32.2. The molecule has 0 radical (unpaired) electrons. The average Bonchev–Trinajstić information content (AvgIpc) is 1.60. The summed E-state index contributed by atoms with van der Waals surface area (Å²) in [5.74, 6) is 0. The molecule has 0 spiro atoms. The molecule has 0 heterocycles. The van der Waals surface area contributed by atoms with Crippen LogP contribution in [0.2, 0.25) is 0 Å². The lowest BCUT2D eigenvalue weighted by atomic mass is 11.8. The van der Waals surface area contributed by atoms with Crippen molar-refractivity contribution in [2.24, 2.45) is 0 Å². The van der Waals surface area contributed by atoms with Gasteiger partial charge in [-0.2, -0.15) is 8.42 Å². The Morgan fingerprint density at radius 1 is 1.70 bits per heavy atom. The van der Waals surface area contributed by atoms with Gasteiger partial charge in [0.05, 0.1) is 7.11 Å². The van der Waals surface area contributed by atoms with Crippen molar-refractivity contribution in [2.75, 3.05) is 7.11 Å². The maximum Gasteiger partial charge on any atom is 0.455 e. The molecule has 0 saturated heterocycles. The van der Waals surface area contributed by atoms with E-state index in [9.17, 15) is 17.2 Å². The van der Waals surface area contributed by atoms with E-state index in [0.29, 0.717) is 0 Å². The third-order valence-corrected chi connectivity index (χ3v) is 2.68. The highest BCUT2D eigenvalue weighted by Gasteiger charge is 2.24. The minimum absolute atomic E-state index is 0.720. The molecule has 0 amide bonds. The molecular weight excluding hydrogens is 188 g/mol. The summed E-state index contributed by atoms with van der Waals surface area (Å²) in [4.78, 5) is 7.80. The Hall–Kier alpha value is -0.0100. The Morgan fingerprint density at radius 2 is 2.10 bits per heavy atom. The molecule has 0 aromatic rings. The molecule has 10 heavy (non-hydrogen) atoms. The first kappa shape index (κ1) is 9.99. The summed E-state index contributed by atoms with van der Waals surface area (Å²) in [5, 5.41) is 0. The Kier molecular flexibility index (Phi) is 2.93.